The Balaban J connectivity index is 1.55. The van der Waals surface area contributed by atoms with E-state index in [2.05, 4.69) is 86.2 Å². The van der Waals surface area contributed by atoms with E-state index < -0.39 is 0 Å². The minimum Gasteiger partial charge on any atom is -0.369 e. The van der Waals surface area contributed by atoms with Crippen molar-refractivity contribution in [2.24, 2.45) is 0 Å². The number of hydrogen-bond donors (Lipinski definition) is 0. The quantitative estimate of drug-likeness (QED) is 0.363. The van der Waals surface area contributed by atoms with Crippen LogP contribution >= 0.6 is 11.6 Å². The SMILES string of the molecule is C=C(c1ccc2c(Cl)cc(-c3ccc(C)cc3)nc2c1)N1CCN(C(=C)CCCC)C(C)C1. The minimum absolute atomic E-state index is 0.418. The highest BCUT2D eigenvalue weighted by Gasteiger charge is 2.25. The van der Waals surface area contributed by atoms with Crippen molar-refractivity contribution >= 4 is 28.2 Å². The van der Waals surface area contributed by atoms with Gasteiger partial charge in [-0.1, -0.05) is 80.1 Å². The van der Waals surface area contributed by atoms with E-state index in [1.807, 2.05) is 6.07 Å². The number of nitrogens with zero attached hydrogens (tertiary/aromatic N) is 3. The Morgan fingerprint density at radius 2 is 1.85 bits per heavy atom. The lowest BCUT2D eigenvalue weighted by atomic mass is 10.0. The van der Waals surface area contributed by atoms with Gasteiger partial charge in [-0.2, -0.15) is 0 Å². The molecular weight excluding hydrogens is 426 g/mol. The van der Waals surface area contributed by atoms with E-state index in [0.29, 0.717) is 6.04 Å². The van der Waals surface area contributed by atoms with Gasteiger partial charge in [-0.3, -0.25) is 0 Å². The molecule has 0 N–H and O–H groups in total. The van der Waals surface area contributed by atoms with E-state index in [9.17, 15) is 0 Å². The summed E-state index contributed by atoms with van der Waals surface area (Å²) in [4.78, 5) is 9.80. The normalized spacial score (nSPS) is 16.3. The molecule has 0 amide bonds. The van der Waals surface area contributed by atoms with Gasteiger partial charge in [-0.25, -0.2) is 4.98 Å². The molecule has 1 aliphatic rings. The van der Waals surface area contributed by atoms with E-state index >= 15 is 0 Å². The van der Waals surface area contributed by atoms with Crippen molar-refractivity contribution in [3.8, 4) is 11.3 Å². The zero-order chi connectivity index (χ0) is 23.5. The molecule has 1 saturated heterocycles. The van der Waals surface area contributed by atoms with Gasteiger partial charge in [0.25, 0.3) is 0 Å². The summed E-state index contributed by atoms with van der Waals surface area (Å²) in [6.07, 6.45) is 3.49. The average molecular weight is 460 g/mol. The van der Waals surface area contributed by atoms with Crippen LogP contribution < -0.4 is 0 Å². The number of aromatic nitrogens is 1. The molecule has 0 radical (unpaired) electrons. The van der Waals surface area contributed by atoms with Crippen molar-refractivity contribution in [3.05, 3.63) is 83.5 Å². The molecule has 1 unspecified atom stereocenters. The zero-order valence-corrected chi connectivity index (χ0v) is 20.8. The molecule has 2 aromatic carbocycles. The summed E-state index contributed by atoms with van der Waals surface area (Å²) < 4.78 is 0. The number of hydrogen-bond acceptors (Lipinski definition) is 3. The van der Waals surface area contributed by atoms with Gasteiger partial charge < -0.3 is 9.80 Å². The Hall–Kier alpha value is -2.78. The second-order valence-electron chi connectivity index (χ2n) is 9.19. The molecule has 1 atom stereocenters. The van der Waals surface area contributed by atoms with Gasteiger partial charge in [0.1, 0.15) is 0 Å². The van der Waals surface area contributed by atoms with Crippen LogP contribution in [0.25, 0.3) is 27.9 Å². The second kappa shape index (κ2) is 10.0. The average Bonchev–Trinajstić information content (AvgIpc) is 2.82. The van der Waals surface area contributed by atoms with E-state index in [1.165, 1.54) is 24.1 Å². The molecule has 2 heterocycles. The highest BCUT2D eigenvalue weighted by molar-refractivity contribution is 6.35. The highest BCUT2D eigenvalue weighted by Crippen LogP contribution is 2.31. The first kappa shape index (κ1) is 23.4. The third-order valence-corrected chi connectivity index (χ3v) is 6.99. The molecular formula is C29H34ClN3. The first-order chi connectivity index (χ1) is 15.9. The number of halogens is 1. The van der Waals surface area contributed by atoms with Crippen molar-refractivity contribution in [2.45, 2.75) is 46.1 Å². The molecule has 3 nitrogen and oxygen atoms in total. The lowest BCUT2D eigenvalue weighted by molar-refractivity contribution is 0.149. The summed E-state index contributed by atoms with van der Waals surface area (Å²) in [5.74, 6) is 0. The topological polar surface area (TPSA) is 19.4 Å². The Bertz CT molecular complexity index is 1170. The van der Waals surface area contributed by atoms with Gasteiger partial charge in [0, 0.05) is 48.0 Å². The maximum absolute atomic E-state index is 6.64. The Morgan fingerprint density at radius 3 is 2.55 bits per heavy atom. The summed E-state index contributed by atoms with van der Waals surface area (Å²) in [6.45, 7) is 18.3. The van der Waals surface area contributed by atoms with Crippen LogP contribution in [0.3, 0.4) is 0 Å². The van der Waals surface area contributed by atoms with Gasteiger partial charge in [0.05, 0.1) is 16.2 Å². The van der Waals surface area contributed by atoms with Gasteiger partial charge in [0.15, 0.2) is 0 Å². The van der Waals surface area contributed by atoms with Crippen LogP contribution in [0.15, 0.2) is 67.4 Å². The van der Waals surface area contributed by atoms with Gasteiger partial charge in [-0.15, -0.1) is 0 Å². The lowest BCUT2D eigenvalue weighted by Crippen LogP contribution is -2.50. The maximum Gasteiger partial charge on any atom is 0.0731 e. The van der Waals surface area contributed by atoms with Crippen molar-refractivity contribution in [1.82, 2.24) is 14.8 Å². The van der Waals surface area contributed by atoms with Crippen LogP contribution in [0.1, 0.15) is 44.2 Å². The van der Waals surface area contributed by atoms with E-state index in [-0.39, 0.29) is 0 Å². The maximum atomic E-state index is 6.64. The van der Waals surface area contributed by atoms with Crippen LogP contribution in [0.5, 0.6) is 0 Å². The lowest BCUT2D eigenvalue weighted by Gasteiger charge is -2.44. The van der Waals surface area contributed by atoms with Crippen molar-refractivity contribution in [1.29, 1.82) is 0 Å². The monoisotopic (exact) mass is 459 g/mol. The largest absolute Gasteiger partial charge is 0.369 e. The zero-order valence-electron chi connectivity index (χ0n) is 20.1. The molecule has 0 saturated carbocycles. The number of benzene rings is 2. The molecule has 4 rings (SSSR count). The van der Waals surface area contributed by atoms with Gasteiger partial charge in [0.2, 0.25) is 0 Å². The fourth-order valence-corrected chi connectivity index (χ4v) is 4.88. The molecule has 1 fully saturated rings. The summed E-state index contributed by atoms with van der Waals surface area (Å²) in [5, 5.41) is 1.69. The fourth-order valence-electron chi connectivity index (χ4n) is 4.62. The number of unbranched alkanes of at least 4 members (excludes halogenated alkanes) is 1. The van der Waals surface area contributed by atoms with Crippen LogP contribution in [0, 0.1) is 6.92 Å². The van der Waals surface area contributed by atoms with Gasteiger partial charge in [-0.05, 0) is 44.4 Å². The Morgan fingerprint density at radius 1 is 1.09 bits per heavy atom. The smallest absolute Gasteiger partial charge is 0.0731 e. The molecule has 4 heteroatoms. The standard InChI is InChI=1S/C29H34ClN3/c1-6-7-8-21(3)33-16-15-32(19-22(33)4)23(5)25-13-14-26-27(30)18-28(31-29(26)17-25)24-11-9-20(2)10-12-24/h9-14,17-18,22H,3,5-8,15-16,19H2,1-2,4H3. The predicted octanol–water partition coefficient (Wildman–Crippen LogP) is 7.54. The number of pyridine rings is 1. The third-order valence-electron chi connectivity index (χ3n) is 6.67. The number of allylic oxidation sites excluding steroid dienone is 1. The highest BCUT2D eigenvalue weighted by atomic mass is 35.5. The molecule has 1 aliphatic heterocycles. The third kappa shape index (κ3) is 5.09. The number of fused-ring (bicyclic) bond motifs is 1. The van der Waals surface area contributed by atoms with Crippen molar-refractivity contribution in [3.63, 3.8) is 0 Å². The fraction of sp³-hybridized carbons (Fsp3) is 0.345. The minimum atomic E-state index is 0.418. The van der Waals surface area contributed by atoms with Crippen LogP contribution in [-0.2, 0) is 0 Å². The number of aryl methyl sites for hydroxylation is 1. The molecule has 3 aromatic rings. The van der Waals surface area contributed by atoms with E-state index in [1.54, 1.807) is 0 Å². The van der Waals surface area contributed by atoms with Crippen molar-refractivity contribution in [2.75, 3.05) is 19.6 Å². The number of piperazine rings is 1. The molecule has 172 valence electrons. The predicted molar refractivity (Wildman–Crippen MR) is 142 cm³/mol. The molecule has 0 aliphatic carbocycles. The molecule has 0 spiro atoms. The summed E-state index contributed by atoms with van der Waals surface area (Å²) >= 11 is 6.64. The Kier molecular flexibility index (Phi) is 7.09. The second-order valence-corrected chi connectivity index (χ2v) is 9.60. The van der Waals surface area contributed by atoms with Crippen LogP contribution in [0.4, 0.5) is 0 Å². The Labute approximate surface area is 203 Å². The molecule has 0 bridgehead atoms. The first-order valence-corrected chi connectivity index (χ1v) is 12.3. The number of rotatable bonds is 7. The van der Waals surface area contributed by atoms with Gasteiger partial charge >= 0.3 is 0 Å². The van der Waals surface area contributed by atoms with Crippen LogP contribution in [0.2, 0.25) is 5.02 Å². The van der Waals surface area contributed by atoms with E-state index in [4.69, 9.17) is 16.6 Å². The van der Waals surface area contributed by atoms with Crippen molar-refractivity contribution < 1.29 is 0 Å². The molecule has 1 aromatic heterocycles. The summed E-state index contributed by atoms with van der Waals surface area (Å²) in [6, 6.07) is 17.1. The summed E-state index contributed by atoms with van der Waals surface area (Å²) in [7, 11) is 0. The van der Waals surface area contributed by atoms with Crippen LogP contribution in [-0.4, -0.2) is 40.5 Å². The summed E-state index contributed by atoms with van der Waals surface area (Å²) in [5.41, 5.74) is 7.50. The molecule has 33 heavy (non-hydrogen) atoms. The van der Waals surface area contributed by atoms with E-state index in [0.717, 1.165) is 64.5 Å². The first-order valence-electron chi connectivity index (χ1n) is 11.9.